The molecule has 12 unspecified atom stereocenters. The van der Waals surface area contributed by atoms with Crippen molar-refractivity contribution >= 4 is 5.91 Å². The van der Waals surface area contributed by atoms with Gasteiger partial charge in [0.25, 0.3) is 0 Å². The van der Waals surface area contributed by atoms with Crippen LogP contribution in [0.4, 0.5) is 0 Å². The molecule has 14 heteroatoms. The second-order valence-corrected chi connectivity index (χ2v) is 27.4. The lowest BCUT2D eigenvalue weighted by Gasteiger charge is -2.46. The minimum atomic E-state index is -1.79. The van der Waals surface area contributed by atoms with Gasteiger partial charge < -0.3 is 65.1 Å². The van der Waals surface area contributed by atoms with Crippen LogP contribution < -0.4 is 5.32 Å². The van der Waals surface area contributed by atoms with Crippen LogP contribution in [0.3, 0.4) is 0 Å². The van der Waals surface area contributed by atoms with Gasteiger partial charge in [-0.1, -0.05) is 329 Å². The molecule has 0 spiro atoms. The molecule has 2 aliphatic rings. The summed E-state index contributed by atoms with van der Waals surface area (Å²) in [5.41, 5.74) is 0. The minimum absolute atomic E-state index is 0.247. The van der Waals surface area contributed by atoms with Crippen molar-refractivity contribution in [1.82, 2.24) is 5.32 Å². The van der Waals surface area contributed by atoms with E-state index in [1.54, 1.807) is 6.08 Å². The third-order valence-electron chi connectivity index (χ3n) is 18.7. The lowest BCUT2D eigenvalue weighted by Crippen LogP contribution is -2.65. The zero-order chi connectivity index (χ0) is 70.1. The largest absolute Gasteiger partial charge is 0.394 e. The van der Waals surface area contributed by atoms with Crippen LogP contribution in [-0.2, 0) is 23.7 Å². The number of rotatable bonds is 65. The maximum Gasteiger partial charge on any atom is 0.220 e. The molecule has 0 radical (unpaired) electrons. The summed E-state index contributed by atoms with van der Waals surface area (Å²) in [6.07, 6.45) is 78.8. The fourth-order valence-electron chi connectivity index (χ4n) is 12.5. The van der Waals surface area contributed by atoms with E-state index in [0.29, 0.717) is 12.8 Å². The Morgan fingerprint density at radius 3 is 1.13 bits per heavy atom. The summed E-state index contributed by atoms with van der Waals surface area (Å²) in [4.78, 5) is 13.4. The van der Waals surface area contributed by atoms with E-state index in [-0.39, 0.29) is 18.9 Å². The molecule has 0 aromatic rings. The Balaban J connectivity index is 1.59. The second-order valence-electron chi connectivity index (χ2n) is 27.4. The van der Waals surface area contributed by atoms with E-state index < -0.39 is 86.8 Å². The number of allylic oxidation sites excluding steroid dienone is 17. The van der Waals surface area contributed by atoms with Crippen molar-refractivity contribution in [2.24, 2.45) is 0 Å². The van der Waals surface area contributed by atoms with Crippen LogP contribution in [0.1, 0.15) is 316 Å². The standard InChI is InChI=1S/C83H145NO13/c1-3-5-7-9-11-13-15-17-19-21-23-25-27-28-29-30-31-32-33-34-35-36-37-38-39-40-41-42-43-44-45-47-49-51-53-55-57-59-61-63-65-67-75(88)84-71(70-94-82-80(93)78(91)81(74(69-86)96-82)97-83-79(92)77(90)76(89)73(68-85)95-83)72(87)66-64-62-60-58-56-54-52-50-48-46-26-24-22-20-18-16-14-12-10-8-6-4-2/h5,7,11,13,17,19,23,25,28-29,31-32,34-35,56,58,64,66,71-74,76-83,85-87,89-93H,3-4,6,8-10,12,14-16,18,20-22,24,26-27,30,33,36-55,57,59-63,65,67-70H2,1-2H3,(H,84,88)/b7-5-,13-11-,19-17-,25-23-,29-28-,32-31-,35-34-,58-56+,66-64+. The van der Waals surface area contributed by atoms with E-state index in [1.165, 1.54) is 205 Å². The molecule has 9 N–H and O–H groups in total. The van der Waals surface area contributed by atoms with E-state index in [1.807, 2.05) is 6.08 Å². The second kappa shape index (κ2) is 65.9. The fraction of sp³-hybridized carbons (Fsp3) is 0.771. The van der Waals surface area contributed by atoms with Gasteiger partial charge in [0, 0.05) is 6.42 Å². The van der Waals surface area contributed by atoms with Gasteiger partial charge in [-0.15, -0.1) is 0 Å². The monoisotopic (exact) mass is 1360 g/mol. The molecule has 2 heterocycles. The third-order valence-corrected chi connectivity index (χ3v) is 18.7. The molecular weight excluding hydrogens is 1220 g/mol. The SMILES string of the molecule is CC/C=C\C/C=C\C/C=C\C/C=C\C/C=C\C/C=C\C/C=C\CCCCCCCCCCCCCCCCCCCCCC(=O)NC(COC1OC(CO)C(OC2OC(CO)C(O)C(O)C2O)C(O)C1O)C(O)/C=C/CC/C=C/CCCCCCCCCCCCCCCCCC. The topological polar surface area (TPSA) is 228 Å². The highest BCUT2D eigenvalue weighted by Gasteiger charge is 2.51. The smallest absolute Gasteiger partial charge is 0.220 e. The average Bonchev–Trinajstić information content (AvgIpc) is 0.794. The molecule has 0 aliphatic carbocycles. The molecule has 0 saturated carbocycles. The van der Waals surface area contributed by atoms with Gasteiger partial charge >= 0.3 is 0 Å². The molecule has 0 bridgehead atoms. The molecule has 1 amide bonds. The van der Waals surface area contributed by atoms with Crippen molar-refractivity contribution in [3.63, 3.8) is 0 Å². The number of aliphatic hydroxyl groups excluding tert-OH is 8. The molecule has 14 nitrogen and oxygen atoms in total. The molecule has 0 aromatic heterocycles. The molecular formula is C83H145NO13. The van der Waals surface area contributed by atoms with E-state index in [2.05, 4.69) is 116 Å². The van der Waals surface area contributed by atoms with Crippen LogP contribution in [0.15, 0.2) is 109 Å². The first-order chi connectivity index (χ1) is 47.6. The van der Waals surface area contributed by atoms with Crippen molar-refractivity contribution in [1.29, 1.82) is 0 Å². The van der Waals surface area contributed by atoms with Gasteiger partial charge in [0.2, 0.25) is 5.91 Å². The Morgan fingerprint density at radius 2 is 0.722 bits per heavy atom. The fourth-order valence-corrected chi connectivity index (χ4v) is 12.5. The summed E-state index contributed by atoms with van der Waals surface area (Å²) in [5, 5.41) is 87.6. The quantitative estimate of drug-likeness (QED) is 0.0204. The molecule has 2 fully saturated rings. The summed E-state index contributed by atoms with van der Waals surface area (Å²) in [7, 11) is 0. The van der Waals surface area contributed by atoms with Crippen LogP contribution in [0.5, 0.6) is 0 Å². The van der Waals surface area contributed by atoms with Crippen molar-refractivity contribution < 1.29 is 64.6 Å². The van der Waals surface area contributed by atoms with Crippen LogP contribution in [0.25, 0.3) is 0 Å². The van der Waals surface area contributed by atoms with E-state index in [9.17, 15) is 45.6 Å². The average molecular weight is 1370 g/mol. The Bertz CT molecular complexity index is 2050. The number of carbonyl (C=O) groups is 1. The van der Waals surface area contributed by atoms with Gasteiger partial charge in [-0.25, -0.2) is 0 Å². The van der Waals surface area contributed by atoms with Gasteiger partial charge in [-0.3, -0.25) is 4.79 Å². The minimum Gasteiger partial charge on any atom is -0.394 e. The molecule has 97 heavy (non-hydrogen) atoms. The Morgan fingerprint density at radius 1 is 0.381 bits per heavy atom. The summed E-state index contributed by atoms with van der Waals surface area (Å²) in [6.45, 7) is 2.70. The van der Waals surface area contributed by atoms with Crippen molar-refractivity contribution in [3.8, 4) is 0 Å². The summed E-state index contributed by atoms with van der Waals surface area (Å²) in [6, 6.07) is -0.937. The number of nitrogens with one attached hydrogen (secondary N) is 1. The van der Waals surface area contributed by atoms with Gasteiger partial charge in [0.05, 0.1) is 32.0 Å². The molecule has 0 aromatic carbocycles. The van der Waals surface area contributed by atoms with E-state index in [0.717, 1.165) is 77.0 Å². The Kier molecular flexibility index (Phi) is 61.0. The zero-order valence-corrected chi connectivity index (χ0v) is 61.3. The Hall–Kier alpha value is -3.35. The molecule has 2 saturated heterocycles. The van der Waals surface area contributed by atoms with Crippen LogP contribution >= 0.6 is 0 Å². The van der Waals surface area contributed by atoms with Crippen molar-refractivity contribution in [2.75, 3.05) is 19.8 Å². The van der Waals surface area contributed by atoms with Gasteiger partial charge in [-0.2, -0.15) is 0 Å². The number of hydrogen-bond acceptors (Lipinski definition) is 13. The molecule has 12 atom stereocenters. The summed E-state index contributed by atoms with van der Waals surface area (Å²) >= 11 is 0. The van der Waals surface area contributed by atoms with Gasteiger partial charge in [0.15, 0.2) is 12.6 Å². The van der Waals surface area contributed by atoms with Crippen molar-refractivity contribution in [3.05, 3.63) is 109 Å². The lowest BCUT2D eigenvalue weighted by molar-refractivity contribution is -0.359. The maximum absolute atomic E-state index is 13.4. The number of amides is 1. The molecule has 560 valence electrons. The zero-order valence-electron chi connectivity index (χ0n) is 61.3. The van der Waals surface area contributed by atoms with Gasteiger partial charge in [-0.05, 0) is 89.9 Å². The molecule has 2 aliphatic heterocycles. The van der Waals surface area contributed by atoms with Crippen molar-refractivity contribution in [2.45, 2.75) is 389 Å². The number of aliphatic hydroxyl groups is 8. The number of carbonyl (C=O) groups excluding carboxylic acids is 1. The number of hydrogen-bond donors (Lipinski definition) is 9. The van der Waals surface area contributed by atoms with E-state index >= 15 is 0 Å². The Labute approximate surface area is 591 Å². The third kappa shape index (κ3) is 49.0. The van der Waals surface area contributed by atoms with Crippen LogP contribution in [-0.4, -0.2) is 140 Å². The van der Waals surface area contributed by atoms with Gasteiger partial charge in [0.1, 0.15) is 48.8 Å². The maximum atomic E-state index is 13.4. The molecule has 2 rings (SSSR count). The number of unbranched alkanes of at least 4 members (excludes halogenated alkanes) is 36. The highest BCUT2D eigenvalue weighted by atomic mass is 16.7. The summed E-state index contributed by atoms with van der Waals surface area (Å²) < 4.78 is 22.9. The number of ether oxygens (including phenoxy) is 4. The predicted octanol–water partition coefficient (Wildman–Crippen LogP) is 17.9. The first-order valence-corrected chi connectivity index (χ1v) is 39.6. The first kappa shape index (κ1) is 89.7. The normalized spacial score (nSPS) is 22.7. The predicted molar refractivity (Wildman–Crippen MR) is 401 cm³/mol. The summed E-state index contributed by atoms with van der Waals surface area (Å²) in [5.74, 6) is -0.247. The van der Waals surface area contributed by atoms with E-state index in [4.69, 9.17) is 18.9 Å². The van der Waals surface area contributed by atoms with Crippen LogP contribution in [0.2, 0.25) is 0 Å². The van der Waals surface area contributed by atoms with Crippen LogP contribution in [0, 0.1) is 0 Å². The lowest BCUT2D eigenvalue weighted by atomic mass is 9.97. The highest BCUT2D eigenvalue weighted by Crippen LogP contribution is 2.30. The highest BCUT2D eigenvalue weighted by molar-refractivity contribution is 5.76. The first-order valence-electron chi connectivity index (χ1n) is 39.6.